The van der Waals surface area contributed by atoms with Gasteiger partial charge in [-0.3, -0.25) is 0 Å². The van der Waals surface area contributed by atoms with Crippen LogP contribution in [0.1, 0.15) is 6.92 Å². The van der Waals surface area contributed by atoms with Crippen LogP contribution in [0, 0.1) is 9.39 Å². The lowest BCUT2D eigenvalue weighted by molar-refractivity contribution is 0.339. The third-order valence-corrected chi connectivity index (χ3v) is 3.05. The van der Waals surface area contributed by atoms with Crippen molar-refractivity contribution in [3.05, 3.63) is 26.5 Å². The van der Waals surface area contributed by atoms with Crippen LogP contribution in [0.2, 0.25) is 5.02 Å². The lowest BCUT2D eigenvalue weighted by Gasteiger charge is -2.06. The largest absolute Gasteiger partial charge is 0.492 e. The Morgan fingerprint density at radius 3 is 2.83 bits per heavy atom. The second-order valence-corrected chi connectivity index (χ2v) is 3.56. The summed E-state index contributed by atoms with van der Waals surface area (Å²) in [6, 6.07) is 2.88. The smallest absolute Gasteiger partial charge is 0.139 e. The Kier molecular flexibility index (Phi) is 3.58. The molecular weight excluding hydrogens is 293 g/mol. The maximum atomic E-state index is 12.9. The molecule has 0 spiro atoms. The Morgan fingerprint density at radius 2 is 2.25 bits per heavy atom. The van der Waals surface area contributed by atoms with E-state index in [0.717, 1.165) is 0 Å². The number of hydrogen-bond acceptors (Lipinski definition) is 1. The summed E-state index contributed by atoms with van der Waals surface area (Å²) in [7, 11) is 0. The fourth-order valence-corrected chi connectivity index (χ4v) is 1.43. The van der Waals surface area contributed by atoms with Gasteiger partial charge in [-0.15, -0.1) is 0 Å². The van der Waals surface area contributed by atoms with Crippen molar-refractivity contribution in [2.24, 2.45) is 0 Å². The Balaban J connectivity index is 3.08. The monoisotopic (exact) mass is 300 g/mol. The Hall–Kier alpha value is -0.0300. The highest BCUT2D eigenvalue weighted by molar-refractivity contribution is 14.1. The van der Waals surface area contributed by atoms with E-state index in [0.29, 0.717) is 20.9 Å². The molecule has 0 atom stereocenters. The highest BCUT2D eigenvalue weighted by Gasteiger charge is 2.09. The van der Waals surface area contributed by atoms with Gasteiger partial charge in [0.2, 0.25) is 0 Å². The van der Waals surface area contributed by atoms with Gasteiger partial charge in [0.25, 0.3) is 0 Å². The predicted molar refractivity (Wildman–Crippen MR) is 55.3 cm³/mol. The summed E-state index contributed by atoms with van der Waals surface area (Å²) in [6.45, 7) is 2.38. The predicted octanol–water partition coefficient (Wildman–Crippen LogP) is 3.48. The van der Waals surface area contributed by atoms with Gasteiger partial charge in [0.1, 0.15) is 11.6 Å². The molecule has 1 rings (SSSR count). The first kappa shape index (κ1) is 10.1. The molecule has 66 valence electrons. The van der Waals surface area contributed by atoms with E-state index < -0.39 is 0 Å². The SMILES string of the molecule is CCOc1ccc(F)c(I)c1Cl. The van der Waals surface area contributed by atoms with E-state index >= 15 is 0 Å². The summed E-state index contributed by atoms with van der Waals surface area (Å²) in [4.78, 5) is 0. The molecule has 0 saturated carbocycles. The van der Waals surface area contributed by atoms with Gasteiger partial charge in [-0.1, -0.05) is 11.6 Å². The maximum absolute atomic E-state index is 12.9. The van der Waals surface area contributed by atoms with Crippen LogP contribution in [-0.4, -0.2) is 6.61 Å². The zero-order valence-corrected chi connectivity index (χ0v) is 9.32. The summed E-state index contributed by atoms with van der Waals surface area (Å²) in [5.41, 5.74) is 0. The molecule has 1 aromatic rings. The van der Waals surface area contributed by atoms with Crippen LogP contribution in [-0.2, 0) is 0 Å². The Morgan fingerprint density at radius 1 is 1.58 bits per heavy atom. The Labute approximate surface area is 89.0 Å². The quantitative estimate of drug-likeness (QED) is 0.600. The molecule has 0 aromatic heterocycles. The third kappa shape index (κ3) is 2.01. The van der Waals surface area contributed by atoms with E-state index in [1.165, 1.54) is 12.1 Å². The maximum Gasteiger partial charge on any atom is 0.139 e. The standard InChI is InChI=1S/C8H7ClFIO/c1-2-12-6-4-3-5(10)8(11)7(6)9/h3-4H,2H2,1H3. The van der Waals surface area contributed by atoms with Crippen molar-refractivity contribution in [3.8, 4) is 5.75 Å². The molecule has 0 N–H and O–H groups in total. The van der Waals surface area contributed by atoms with Crippen LogP contribution in [0.25, 0.3) is 0 Å². The number of rotatable bonds is 2. The van der Waals surface area contributed by atoms with E-state index in [1.54, 1.807) is 0 Å². The van der Waals surface area contributed by atoms with E-state index in [2.05, 4.69) is 0 Å². The average molecular weight is 300 g/mol. The van der Waals surface area contributed by atoms with Crippen molar-refractivity contribution in [2.45, 2.75) is 6.92 Å². The molecule has 0 aliphatic carbocycles. The number of ether oxygens (including phenoxy) is 1. The van der Waals surface area contributed by atoms with Crippen molar-refractivity contribution in [1.29, 1.82) is 0 Å². The number of hydrogen-bond donors (Lipinski definition) is 0. The van der Waals surface area contributed by atoms with Gasteiger partial charge in [0, 0.05) is 0 Å². The molecule has 1 aromatic carbocycles. The summed E-state index contributed by atoms with van der Waals surface area (Å²) in [5, 5.41) is 0.345. The van der Waals surface area contributed by atoms with E-state index in [1.807, 2.05) is 29.5 Å². The van der Waals surface area contributed by atoms with Gasteiger partial charge in [-0.2, -0.15) is 0 Å². The van der Waals surface area contributed by atoms with Crippen LogP contribution < -0.4 is 4.74 Å². The van der Waals surface area contributed by atoms with E-state index in [-0.39, 0.29) is 5.82 Å². The van der Waals surface area contributed by atoms with Crippen LogP contribution in [0.15, 0.2) is 12.1 Å². The topological polar surface area (TPSA) is 9.23 Å². The van der Waals surface area contributed by atoms with Crippen molar-refractivity contribution in [3.63, 3.8) is 0 Å². The molecule has 1 nitrogen and oxygen atoms in total. The highest BCUT2D eigenvalue weighted by atomic mass is 127. The van der Waals surface area contributed by atoms with Crippen molar-refractivity contribution >= 4 is 34.2 Å². The van der Waals surface area contributed by atoms with Gasteiger partial charge in [-0.25, -0.2) is 4.39 Å². The molecule has 0 heterocycles. The minimum Gasteiger partial charge on any atom is -0.492 e. The van der Waals surface area contributed by atoms with Gasteiger partial charge in [0.05, 0.1) is 15.2 Å². The fourth-order valence-electron chi connectivity index (χ4n) is 0.775. The molecular formula is C8H7ClFIO. The second-order valence-electron chi connectivity index (χ2n) is 2.11. The van der Waals surface area contributed by atoms with Crippen LogP contribution >= 0.6 is 34.2 Å². The first-order valence-corrected chi connectivity index (χ1v) is 4.88. The molecule has 0 saturated heterocycles. The molecule has 4 heteroatoms. The molecule has 0 unspecified atom stereocenters. The molecule has 0 aliphatic heterocycles. The lowest BCUT2D eigenvalue weighted by Crippen LogP contribution is -1.94. The molecule has 0 radical (unpaired) electrons. The number of benzene rings is 1. The summed E-state index contributed by atoms with van der Waals surface area (Å²) in [6.07, 6.45) is 0. The van der Waals surface area contributed by atoms with Gasteiger partial charge < -0.3 is 4.74 Å². The zero-order valence-electron chi connectivity index (χ0n) is 6.40. The molecule has 0 amide bonds. The molecule has 0 aliphatic rings. The summed E-state index contributed by atoms with van der Waals surface area (Å²) >= 11 is 7.65. The number of halogens is 3. The van der Waals surface area contributed by atoms with Crippen molar-refractivity contribution in [2.75, 3.05) is 6.61 Å². The first-order chi connectivity index (χ1) is 5.66. The molecule has 0 bridgehead atoms. The second kappa shape index (κ2) is 4.28. The lowest BCUT2D eigenvalue weighted by atomic mass is 10.3. The summed E-state index contributed by atoms with van der Waals surface area (Å²) in [5.74, 6) is 0.217. The van der Waals surface area contributed by atoms with Crippen LogP contribution in [0.5, 0.6) is 5.75 Å². The highest BCUT2D eigenvalue weighted by Crippen LogP contribution is 2.30. The molecule has 12 heavy (non-hydrogen) atoms. The van der Waals surface area contributed by atoms with Gasteiger partial charge in [0.15, 0.2) is 0 Å². The van der Waals surface area contributed by atoms with Gasteiger partial charge in [-0.05, 0) is 41.6 Å². The normalized spacial score (nSPS) is 10.0. The van der Waals surface area contributed by atoms with Crippen LogP contribution in [0.4, 0.5) is 4.39 Å². The van der Waals surface area contributed by atoms with Crippen molar-refractivity contribution < 1.29 is 9.13 Å². The van der Waals surface area contributed by atoms with E-state index in [4.69, 9.17) is 16.3 Å². The molecule has 0 fully saturated rings. The average Bonchev–Trinajstić information content (AvgIpc) is 2.07. The summed E-state index contributed by atoms with van der Waals surface area (Å²) < 4.78 is 18.4. The van der Waals surface area contributed by atoms with Gasteiger partial charge >= 0.3 is 0 Å². The minimum absolute atomic E-state index is 0.316. The minimum atomic E-state index is -0.316. The Bertz CT molecular complexity index is 291. The zero-order chi connectivity index (χ0) is 9.14. The van der Waals surface area contributed by atoms with Crippen molar-refractivity contribution in [1.82, 2.24) is 0 Å². The van der Waals surface area contributed by atoms with Crippen LogP contribution in [0.3, 0.4) is 0 Å². The van der Waals surface area contributed by atoms with E-state index in [9.17, 15) is 4.39 Å². The third-order valence-electron chi connectivity index (χ3n) is 1.30. The fraction of sp³-hybridized carbons (Fsp3) is 0.250. The first-order valence-electron chi connectivity index (χ1n) is 3.43.